The minimum Gasteiger partial charge on any atom is -0.493 e. The van der Waals surface area contributed by atoms with Crippen LogP contribution in [0.2, 0.25) is 0 Å². The lowest BCUT2D eigenvalue weighted by molar-refractivity contribution is 0.104. The predicted octanol–water partition coefficient (Wildman–Crippen LogP) is 4.98. The first-order valence-corrected chi connectivity index (χ1v) is 11.0. The van der Waals surface area contributed by atoms with Crippen LogP contribution in [-0.4, -0.2) is 43.8 Å². The smallest absolute Gasteiger partial charge is 0.185 e. The monoisotopic (exact) mass is 423 g/mol. The molecule has 1 aliphatic heterocycles. The minimum atomic E-state index is -0.193. The number of nitrogens with zero attached hydrogens (tertiary/aromatic N) is 1. The zero-order valence-corrected chi connectivity index (χ0v) is 18.7. The maximum absolute atomic E-state index is 12.6. The Morgan fingerprint density at radius 2 is 1.84 bits per heavy atom. The van der Waals surface area contributed by atoms with E-state index in [0.717, 1.165) is 43.6 Å². The first-order chi connectivity index (χ1) is 15.0. The van der Waals surface area contributed by atoms with E-state index in [1.165, 1.54) is 0 Å². The topological polar surface area (TPSA) is 59.0 Å². The van der Waals surface area contributed by atoms with Crippen molar-refractivity contribution in [3.8, 4) is 11.5 Å². The van der Waals surface area contributed by atoms with Crippen molar-refractivity contribution in [2.75, 3.05) is 31.7 Å². The highest BCUT2D eigenvalue weighted by Gasteiger charge is 2.17. The molecular weight excluding hydrogens is 390 g/mol. The second-order valence-electron chi connectivity index (χ2n) is 8.40. The van der Waals surface area contributed by atoms with Crippen LogP contribution in [0.3, 0.4) is 0 Å². The molecule has 166 valence electrons. The highest BCUT2D eigenvalue weighted by atomic mass is 16.5. The van der Waals surface area contributed by atoms with E-state index in [2.05, 4.69) is 18.7 Å². The van der Waals surface area contributed by atoms with Gasteiger partial charge in [0.25, 0.3) is 0 Å². The highest BCUT2D eigenvalue weighted by molar-refractivity contribution is 6.07. The highest BCUT2D eigenvalue weighted by Crippen LogP contribution is 2.29. The van der Waals surface area contributed by atoms with Gasteiger partial charge in [-0.25, -0.2) is 0 Å². The number of aliphatic hydroxyl groups is 1. The number of piperidine rings is 1. The minimum absolute atomic E-state index is 0.0446. The Morgan fingerprint density at radius 1 is 1.13 bits per heavy atom. The maximum atomic E-state index is 12.6. The Morgan fingerprint density at radius 3 is 2.48 bits per heavy atom. The number of aliphatic hydroxyl groups excluding tert-OH is 1. The van der Waals surface area contributed by atoms with Crippen LogP contribution < -0.4 is 14.4 Å². The lowest BCUT2D eigenvalue weighted by atomic mass is 10.1. The van der Waals surface area contributed by atoms with Gasteiger partial charge in [-0.05, 0) is 73.2 Å². The number of hydrogen-bond donors (Lipinski definition) is 1. The van der Waals surface area contributed by atoms with Crippen LogP contribution in [0.5, 0.6) is 11.5 Å². The summed E-state index contributed by atoms with van der Waals surface area (Å²) in [5, 5.41) is 9.66. The lowest BCUT2D eigenvalue weighted by Crippen LogP contribution is -2.35. The number of carbonyl (C=O) groups is 1. The van der Waals surface area contributed by atoms with Gasteiger partial charge in [0, 0.05) is 24.3 Å². The summed E-state index contributed by atoms with van der Waals surface area (Å²) < 4.78 is 11.3. The van der Waals surface area contributed by atoms with Crippen molar-refractivity contribution in [3.63, 3.8) is 0 Å². The van der Waals surface area contributed by atoms with Crippen LogP contribution in [0.25, 0.3) is 6.08 Å². The van der Waals surface area contributed by atoms with Crippen LogP contribution in [0.1, 0.15) is 49.0 Å². The van der Waals surface area contributed by atoms with Crippen molar-refractivity contribution < 1.29 is 19.4 Å². The van der Waals surface area contributed by atoms with E-state index < -0.39 is 0 Å². The van der Waals surface area contributed by atoms with Crippen LogP contribution >= 0.6 is 0 Å². The molecule has 0 radical (unpaired) electrons. The molecule has 0 amide bonds. The molecular formula is C26H33NO4. The Bertz CT molecular complexity index is 881. The molecule has 2 aromatic rings. The van der Waals surface area contributed by atoms with Gasteiger partial charge in [-0.2, -0.15) is 0 Å². The van der Waals surface area contributed by atoms with E-state index in [9.17, 15) is 9.90 Å². The zero-order valence-electron chi connectivity index (χ0n) is 18.7. The molecule has 3 rings (SSSR count). The van der Waals surface area contributed by atoms with Gasteiger partial charge >= 0.3 is 0 Å². The van der Waals surface area contributed by atoms with Crippen molar-refractivity contribution in [1.82, 2.24) is 0 Å². The molecule has 1 heterocycles. The number of ketones is 1. The molecule has 0 aromatic heterocycles. The summed E-state index contributed by atoms with van der Waals surface area (Å²) in [4.78, 5) is 14.8. The van der Waals surface area contributed by atoms with E-state index >= 15 is 0 Å². The molecule has 0 saturated carbocycles. The average Bonchev–Trinajstić information content (AvgIpc) is 2.78. The summed E-state index contributed by atoms with van der Waals surface area (Å²) >= 11 is 0. The van der Waals surface area contributed by atoms with Gasteiger partial charge in [-0.15, -0.1) is 0 Å². The Labute approximate surface area is 185 Å². The number of carbonyl (C=O) groups excluding carboxylic acids is 1. The third-order valence-electron chi connectivity index (χ3n) is 5.55. The molecule has 1 N–H and O–H groups in total. The molecule has 1 aliphatic rings. The lowest BCUT2D eigenvalue weighted by Gasteiger charge is -2.31. The fourth-order valence-corrected chi connectivity index (χ4v) is 3.54. The quantitative estimate of drug-likeness (QED) is 0.455. The van der Waals surface area contributed by atoms with E-state index in [-0.39, 0.29) is 11.9 Å². The molecule has 31 heavy (non-hydrogen) atoms. The molecule has 1 saturated heterocycles. The fraction of sp³-hybridized carbons (Fsp3) is 0.423. The standard InChI is InChI=1S/C26H33NO4/c1-19(2)14-17-31-25-11-5-20(18-26(25)30-3)4-10-24(29)21-6-8-22(9-7-21)27-15-12-23(28)13-16-27/h4-11,18-19,23,28H,12-17H2,1-3H3/b10-4+. The number of hydrogen-bond acceptors (Lipinski definition) is 5. The first-order valence-electron chi connectivity index (χ1n) is 11.0. The zero-order chi connectivity index (χ0) is 22.2. The van der Waals surface area contributed by atoms with Crippen molar-refractivity contribution in [2.45, 2.75) is 39.2 Å². The van der Waals surface area contributed by atoms with E-state index in [0.29, 0.717) is 29.6 Å². The van der Waals surface area contributed by atoms with Crippen molar-refractivity contribution in [2.24, 2.45) is 5.92 Å². The number of methoxy groups -OCH3 is 1. The molecule has 5 nitrogen and oxygen atoms in total. The van der Waals surface area contributed by atoms with Gasteiger partial charge in [0.05, 0.1) is 19.8 Å². The number of ether oxygens (including phenoxy) is 2. The van der Waals surface area contributed by atoms with Gasteiger partial charge in [-0.3, -0.25) is 4.79 Å². The molecule has 0 unspecified atom stereocenters. The Kier molecular flexibility index (Phi) is 8.13. The third kappa shape index (κ3) is 6.59. The first kappa shape index (κ1) is 22.9. The second kappa shape index (κ2) is 11.0. The van der Waals surface area contributed by atoms with Gasteiger partial charge in [0.2, 0.25) is 0 Å². The van der Waals surface area contributed by atoms with Gasteiger partial charge < -0.3 is 19.5 Å². The number of rotatable bonds is 9. The second-order valence-corrected chi connectivity index (χ2v) is 8.40. The van der Waals surface area contributed by atoms with Crippen LogP contribution in [0.15, 0.2) is 48.5 Å². The largest absolute Gasteiger partial charge is 0.493 e. The predicted molar refractivity (Wildman–Crippen MR) is 125 cm³/mol. The Hall–Kier alpha value is -2.79. The molecule has 5 heteroatoms. The molecule has 2 aromatic carbocycles. The molecule has 0 bridgehead atoms. The van der Waals surface area contributed by atoms with E-state index in [1.807, 2.05) is 42.5 Å². The van der Waals surface area contributed by atoms with Crippen molar-refractivity contribution >= 4 is 17.5 Å². The van der Waals surface area contributed by atoms with Gasteiger partial charge in [0.15, 0.2) is 17.3 Å². The fourth-order valence-electron chi connectivity index (χ4n) is 3.54. The molecule has 0 atom stereocenters. The summed E-state index contributed by atoms with van der Waals surface area (Å²) in [5.41, 5.74) is 2.62. The van der Waals surface area contributed by atoms with E-state index in [4.69, 9.17) is 9.47 Å². The third-order valence-corrected chi connectivity index (χ3v) is 5.55. The van der Waals surface area contributed by atoms with Crippen molar-refractivity contribution in [3.05, 3.63) is 59.7 Å². The normalized spacial score (nSPS) is 14.9. The summed E-state index contributed by atoms with van der Waals surface area (Å²) in [5.74, 6) is 1.92. The number of anilines is 1. The molecule has 0 spiro atoms. The summed E-state index contributed by atoms with van der Waals surface area (Å²) in [7, 11) is 1.62. The SMILES string of the molecule is COc1cc(/C=C/C(=O)c2ccc(N3CCC(O)CC3)cc2)ccc1OCCC(C)C. The van der Waals surface area contributed by atoms with Crippen molar-refractivity contribution in [1.29, 1.82) is 0 Å². The van der Waals surface area contributed by atoms with E-state index in [1.54, 1.807) is 19.3 Å². The summed E-state index contributed by atoms with van der Waals surface area (Å²) in [6.07, 6.45) is 5.74. The molecule has 1 fully saturated rings. The maximum Gasteiger partial charge on any atom is 0.185 e. The van der Waals surface area contributed by atoms with Crippen LogP contribution in [0.4, 0.5) is 5.69 Å². The number of allylic oxidation sites excluding steroid dienone is 1. The van der Waals surface area contributed by atoms with Gasteiger partial charge in [-0.1, -0.05) is 26.0 Å². The summed E-state index contributed by atoms with van der Waals surface area (Å²) in [6, 6.07) is 13.4. The Balaban J connectivity index is 1.61. The van der Waals surface area contributed by atoms with Crippen LogP contribution in [0, 0.1) is 5.92 Å². The molecule has 0 aliphatic carbocycles. The van der Waals surface area contributed by atoms with Crippen LogP contribution in [-0.2, 0) is 0 Å². The average molecular weight is 424 g/mol. The number of benzene rings is 2. The van der Waals surface area contributed by atoms with Gasteiger partial charge in [0.1, 0.15) is 0 Å². The summed E-state index contributed by atoms with van der Waals surface area (Å²) in [6.45, 7) is 6.66.